The first-order valence-corrected chi connectivity index (χ1v) is 3.58. The molecule has 0 radical (unpaired) electrons. The predicted molar refractivity (Wildman–Crippen MR) is 45.0 cm³/mol. The number of pyridine rings is 1. The Morgan fingerprint density at radius 1 is 1.67 bits per heavy atom. The smallest absolute Gasteiger partial charge is 0.127 e. The molecule has 0 saturated carbocycles. The standard InChI is InChI=1S/C9H9FN2/c1-11-5-2-3-9-7-8(10)4-6-12-9/h4,6-7,11H,5H2,1H3. The summed E-state index contributed by atoms with van der Waals surface area (Å²) < 4.78 is 12.6. The number of hydrogen-bond acceptors (Lipinski definition) is 2. The Balaban J connectivity index is 2.71. The number of aromatic nitrogens is 1. The summed E-state index contributed by atoms with van der Waals surface area (Å²) in [5.74, 6) is 5.20. The molecule has 0 unspecified atom stereocenters. The van der Waals surface area contributed by atoms with Gasteiger partial charge in [-0.05, 0) is 19.0 Å². The lowest BCUT2D eigenvalue weighted by atomic mass is 10.3. The number of halogens is 1. The van der Waals surface area contributed by atoms with Gasteiger partial charge in [0.15, 0.2) is 0 Å². The molecule has 0 spiro atoms. The molecule has 1 N–H and O–H groups in total. The zero-order chi connectivity index (χ0) is 8.81. The second-order valence-electron chi connectivity index (χ2n) is 2.19. The minimum absolute atomic E-state index is 0.307. The van der Waals surface area contributed by atoms with Gasteiger partial charge < -0.3 is 5.32 Å². The summed E-state index contributed by atoms with van der Waals surface area (Å²) >= 11 is 0. The van der Waals surface area contributed by atoms with Crippen molar-refractivity contribution in [3.05, 3.63) is 29.8 Å². The summed E-state index contributed by atoms with van der Waals surface area (Å²) in [7, 11) is 1.80. The summed E-state index contributed by atoms with van der Waals surface area (Å²) in [4.78, 5) is 3.87. The molecule has 0 aromatic carbocycles. The average molecular weight is 164 g/mol. The van der Waals surface area contributed by atoms with Gasteiger partial charge in [-0.1, -0.05) is 5.92 Å². The molecule has 1 aromatic heterocycles. The number of nitrogens with one attached hydrogen (secondary N) is 1. The van der Waals surface area contributed by atoms with Crippen molar-refractivity contribution in [3.8, 4) is 11.8 Å². The van der Waals surface area contributed by atoms with Crippen molar-refractivity contribution in [2.75, 3.05) is 13.6 Å². The molecule has 0 aliphatic carbocycles. The van der Waals surface area contributed by atoms with Gasteiger partial charge in [0.2, 0.25) is 0 Å². The highest BCUT2D eigenvalue weighted by atomic mass is 19.1. The van der Waals surface area contributed by atoms with E-state index in [2.05, 4.69) is 22.1 Å². The van der Waals surface area contributed by atoms with Gasteiger partial charge in [-0.3, -0.25) is 0 Å². The van der Waals surface area contributed by atoms with Crippen LogP contribution in [0.2, 0.25) is 0 Å². The molecular weight excluding hydrogens is 155 g/mol. The van der Waals surface area contributed by atoms with Gasteiger partial charge in [-0.2, -0.15) is 0 Å². The highest BCUT2D eigenvalue weighted by Gasteiger charge is 1.90. The van der Waals surface area contributed by atoms with Crippen LogP contribution < -0.4 is 5.32 Å². The van der Waals surface area contributed by atoms with Gasteiger partial charge in [0.25, 0.3) is 0 Å². The van der Waals surface area contributed by atoms with E-state index < -0.39 is 0 Å². The molecule has 62 valence electrons. The van der Waals surface area contributed by atoms with E-state index in [4.69, 9.17) is 0 Å². The quantitative estimate of drug-likeness (QED) is 0.621. The lowest BCUT2D eigenvalue weighted by Gasteiger charge is -1.88. The summed E-state index contributed by atoms with van der Waals surface area (Å²) in [5, 5.41) is 2.86. The van der Waals surface area contributed by atoms with Gasteiger partial charge in [0.1, 0.15) is 11.5 Å². The molecule has 0 amide bonds. The molecule has 1 rings (SSSR count). The van der Waals surface area contributed by atoms with Crippen LogP contribution in [-0.2, 0) is 0 Å². The van der Waals surface area contributed by atoms with Crippen LogP contribution in [0.3, 0.4) is 0 Å². The maximum Gasteiger partial charge on any atom is 0.127 e. The zero-order valence-electron chi connectivity index (χ0n) is 6.76. The Labute approximate surface area is 70.8 Å². The van der Waals surface area contributed by atoms with Gasteiger partial charge in [0.05, 0.1) is 6.54 Å². The molecule has 0 atom stereocenters. The third-order valence-electron chi connectivity index (χ3n) is 1.20. The molecule has 0 saturated heterocycles. The van der Waals surface area contributed by atoms with Crippen LogP contribution >= 0.6 is 0 Å². The molecule has 1 aromatic rings. The maximum absolute atomic E-state index is 12.6. The van der Waals surface area contributed by atoms with Crippen molar-refractivity contribution >= 4 is 0 Å². The Morgan fingerprint density at radius 3 is 3.17 bits per heavy atom. The van der Waals surface area contributed by atoms with Crippen molar-refractivity contribution in [1.29, 1.82) is 0 Å². The zero-order valence-corrected chi connectivity index (χ0v) is 6.76. The van der Waals surface area contributed by atoms with E-state index in [0.29, 0.717) is 12.2 Å². The monoisotopic (exact) mass is 164 g/mol. The van der Waals surface area contributed by atoms with Crippen LogP contribution in [0, 0.1) is 17.7 Å². The normalized spacial score (nSPS) is 8.83. The van der Waals surface area contributed by atoms with E-state index in [1.165, 1.54) is 18.3 Å². The van der Waals surface area contributed by atoms with E-state index in [1.807, 2.05) is 0 Å². The lowest BCUT2D eigenvalue weighted by Crippen LogP contribution is -2.04. The van der Waals surface area contributed by atoms with E-state index >= 15 is 0 Å². The largest absolute Gasteiger partial charge is 0.309 e. The fraction of sp³-hybridized carbons (Fsp3) is 0.222. The third-order valence-corrected chi connectivity index (χ3v) is 1.20. The Morgan fingerprint density at radius 2 is 2.50 bits per heavy atom. The Kier molecular flexibility index (Phi) is 3.24. The SMILES string of the molecule is CNCC#Cc1cc(F)ccn1. The fourth-order valence-corrected chi connectivity index (χ4v) is 0.696. The molecule has 0 bridgehead atoms. The highest BCUT2D eigenvalue weighted by Crippen LogP contribution is 1.96. The topological polar surface area (TPSA) is 24.9 Å². The van der Waals surface area contributed by atoms with Crippen molar-refractivity contribution in [1.82, 2.24) is 10.3 Å². The molecule has 0 fully saturated rings. The number of rotatable bonds is 1. The first kappa shape index (κ1) is 8.69. The van der Waals surface area contributed by atoms with Crippen LogP contribution in [0.1, 0.15) is 5.69 Å². The van der Waals surface area contributed by atoms with E-state index in [-0.39, 0.29) is 5.82 Å². The molecule has 2 nitrogen and oxygen atoms in total. The Hall–Kier alpha value is -1.40. The fourth-order valence-electron chi connectivity index (χ4n) is 0.696. The molecule has 0 aliphatic rings. The number of nitrogens with zero attached hydrogens (tertiary/aromatic N) is 1. The second-order valence-corrected chi connectivity index (χ2v) is 2.19. The molecule has 1 heterocycles. The van der Waals surface area contributed by atoms with Gasteiger partial charge >= 0.3 is 0 Å². The molecular formula is C9H9FN2. The van der Waals surface area contributed by atoms with Crippen molar-refractivity contribution < 1.29 is 4.39 Å². The summed E-state index contributed by atoms with van der Waals surface area (Å²) in [6.45, 7) is 0.582. The highest BCUT2D eigenvalue weighted by molar-refractivity contribution is 5.27. The Bertz CT molecular complexity index is 312. The van der Waals surface area contributed by atoms with Crippen molar-refractivity contribution in [3.63, 3.8) is 0 Å². The van der Waals surface area contributed by atoms with Gasteiger partial charge in [0, 0.05) is 12.3 Å². The van der Waals surface area contributed by atoms with Crippen LogP contribution in [0.15, 0.2) is 18.3 Å². The predicted octanol–water partition coefficient (Wildman–Crippen LogP) is 0.792. The van der Waals surface area contributed by atoms with E-state index in [1.54, 1.807) is 7.05 Å². The summed E-state index contributed by atoms with van der Waals surface area (Å²) in [6.07, 6.45) is 1.40. The van der Waals surface area contributed by atoms with Crippen LogP contribution in [0.4, 0.5) is 4.39 Å². The third kappa shape index (κ3) is 2.69. The molecule has 12 heavy (non-hydrogen) atoms. The van der Waals surface area contributed by atoms with Crippen molar-refractivity contribution in [2.24, 2.45) is 0 Å². The first-order valence-electron chi connectivity index (χ1n) is 3.58. The molecule has 0 aliphatic heterocycles. The van der Waals surface area contributed by atoms with E-state index in [9.17, 15) is 4.39 Å². The molecule has 3 heteroatoms. The van der Waals surface area contributed by atoms with Gasteiger partial charge in [-0.15, -0.1) is 0 Å². The summed E-state index contributed by atoms with van der Waals surface area (Å²) in [6, 6.07) is 2.60. The van der Waals surface area contributed by atoms with Gasteiger partial charge in [-0.25, -0.2) is 9.37 Å². The average Bonchev–Trinajstić information content (AvgIpc) is 2.05. The van der Waals surface area contributed by atoms with Crippen LogP contribution in [0.5, 0.6) is 0 Å². The second kappa shape index (κ2) is 4.47. The van der Waals surface area contributed by atoms with Crippen LogP contribution in [0.25, 0.3) is 0 Å². The minimum Gasteiger partial charge on any atom is -0.309 e. The van der Waals surface area contributed by atoms with E-state index in [0.717, 1.165) is 0 Å². The lowest BCUT2D eigenvalue weighted by molar-refractivity contribution is 0.625. The minimum atomic E-state index is -0.307. The first-order chi connectivity index (χ1) is 5.83. The number of hydrogen-bond donors (Lipinski definition) is 1. The summed E-state index contributed by atoms with van der Waals surface area (Å²) in [5.41, 5.74) is 0.463. The van der Waals surface area contributed by atoms with Crippen molar-refractivity contribution in [2.45, 2.75) is 0 Å². The maximum atomic E-state index is 12.6. The van der Waals surface area contributed by atoms with Crippen LogP contribution in [-0.4, -0.2) is 18.6 Å².